The number of rotatable bonds is 6. The van der Waals surface area contributed by atoms with Crippen molar-refractivity contribution in [3.8, 4) is 0 Å². The molecule has 0 spiro atoms. The van der Waals surface area contributed by atoms with Crippen LogP contribution in [0.5, 0.6) is 0 Å². The van der Waals surface area contributed by atoms with E-state index in [2.05, 4.69) is 10.2 Å². The zero-order valence-electron chi connectivity index (χ0n) is 7.46. The Kier molecular flexibility index (Phi) is 5.15. The van der Waals surface area contributed by atoms with E-state index in [0.29, 0.717) is 0 Å². The van der Waals surface area contributed by atoms with Gasteiger partial charge in [-0.2, -0.15) is 4.91 Å². The molecular formula is C6H13N5O3. The molecule has 0 aliphatic rings. The van der Waals surface area contributed by atoms with Crippen LogP contribution >= 0.6 is 0 Å². The fourth-order valence-electron chi connectivity index (χ4n) is 0.756. The predicted octanol–water partition coefficient (Wildman–Crippen LogP) is -1.80. The van der Waals surface area contributed by atoms with Gasteiger partial charge in [-0.25, -0.2) is 0 Å². The van der Waals surface area contributed by atoms with E-state index in [4.69, 9.17) is 22.3 Å². The molecule has 0 aliphatic carbocycles. The van der Waals surface area contributed by atoms with E-state index in [1.54, 1.807) is 0 Å². The highest BCUT2D eigenvalue weighted by Gasteiger charge is 2.18. The number of nitrogens with zero attached hydrogens (tertiary/aromatic N) is 2. The van der Waals surface area contributed by atoms with Crippen molar-refractivity contribution < 1.29 is 9.90 Å². The molecule has 8 nitrogen and oxygen atoms in total. The number of carboxylic acids is 1. The Morgan fingerprint density at radius 1 is 1.43 bits per heavy atom. The second-order valence-electron chi connectivity index (χ2n) is 2.71. The van der Waals surface area contributed by atoms with E-state index < -0.39 is 18.1 Å². The number of guanidine groups is 1. The SMILES string of the molecule is NC(N)=NCC(C[C@H](N)C(=O)O)N=O. The minimum Gasteiger partial charge on any atom is -0.480 e. The highest BCUT2D eigenvalue weighted by atomic mass is 16.4. The second kappa shape index (κ2) is 5.86. The Hall–Kier alpha value is -1.70. The van der Waals surface area contributed by atoms with Gasteiger partial charge in [0.25, 0.3) is 0 Å². The van der Waals surface area contributed by atoms with E-state index in [1.807, 2.05) is 0 Å². The zero-order valence-corrected chi connectivity index (χ0v) is 7.46. The maximum atomic E-state index is 10.3. The highest BCUT2D eigenvalue weighted by Crippen LogP contribution is 2.01. The van der Waals surface area contributed by atoms with Crippen molar-refractivity contribution in [3.05, 3.63) is 4.91 Å². The lowest BCUT2D eigenvalue weighted by molar-refractivity contribution is -0.138. The van der Waals surface area contributed by atoms with Crippen LogP contribution in [0.15, 0.2) is 10.2 Å². The minimum absolute atomic E-state index is 0.0488. The lowest BCUT2D eigenvalue weighted by atomic mass is 10.1. The molecule has 7 N–H and O–H groups in total. The van der Waals surface area contributed by atoms with Gasteiger partial charge in [0.05, 0.1) is 6.54 Å². The molecule has 0 saturated heterocycles. The van der Waals surface area contributed by atoms with Crippen LogP contribution in [0.3, 0.4) is 0 Å². The summed E-state index contributed by atoms with van der Waals surface area (Å²) in [7, 11) is 0. The zero-order chi connectivity index (χ0) is 11.1. The third-order valence-electron chi connectivity index (χ3n) is 1.48. The molecule has 2 atom stereocenters. The van der Waals surface area contributed by atoms with Gasteiger partial charge in [-0.1, -0.05) is 5.18 Å². The number of carbonyl (C=O) groups is 1. The number of aliphatic imine (C=N–C) groups is 1. The van der Waals surface area contributed by atoms with Gasteiger partial charge in [0, 0.05) is 6.42 Å². The summed E-state index contributed by atoms with van der Waals surface area (Å²) in [5.74, 6) is -1.37. The van der Waals surface area contributed by atoms with Crippen molar-refractivity contribution in [1.82, 2.24) is 0 Å². The number of aliphatic carboxylic acids is 1. The lowest BCUT2D eigenvalue weighted by Crippen LogP contribution is -2.34. The molecule has 0 bridgehead atoms. The van der Waals surface area contributed by atoms with E-state index in [0.717, 1.165) is 0 Å². The van der Waals surface area contributed by atoms with Crippen molar-refractivity contribution >= 4 is 11.9 Å². The summed E-state index contributed by atoms with van der Waals surface area (Å²) in [5.41, 5.74) is 15.2. The van der Waals surface area contributed by atoms with E-state index in [1.165, 1.54) is 0 Å². The fourth-order valence-corrected chi connectivity index (χ4v) is 0.756. The first-order chi connectivity index (χ1) is 6.47. The van der Waals surface area contributed by atoms with Crippen LogP contribution in [0.25, 0.3) is 0 Å². The lowest BCUT2D eigenvalue weighted by Gasteiger charge is -2.09. The van der Waals surface area contributed by atoms with Crippen molar-refractivity contribution in [2.75, 3.05) is 6.54 Å². The number of carboxylic acid groups (broad SMARTS) is 1. The molecule has 0 aliphatic heterocycles. The van der Waals surface area contributed by atoms with Crippen molar-refractivity contribution in [2.24, 2.45) is 27.4 Å². The number of nitrogens with two attached hydrogens (primary N) is 3. The monoisotopic (exact) mass is 203 g/mol. The van der Waals surface area contributed by atoms with Crippen molar-refractivity contribution in [1.29, 1.82) is 0 Å². The first-order valence-corrected chi connectivity index (χ1v) is 3.83. The van der Waals surface area contributed by atoms with E-state index in [-0.39, 0.29) is 18.9 Å². The molecule has 14 heavy (non-hydrogen) atoms. The number of hydrogen-bond acceptors (Lipinski definition) is 5. The summed E-state index contributed by atoms with van der Waals surface area (Å²) < 4.78 is 0. The molecule has 8 heteroatoms. The molecular weight excluding hydrogens is 190 g/mol. The van der Waals surface area contributed by atoms with E-state index in [9.17, 15) is 9.70 Å². The van der Waals surface area contributed by atoms with Gasteiger partial charge in [-0.3, -0.25) is 9.79 Å². The number of hydrogen-bond donors (Lipinski definition) is 4. The maximum Gasteiger partial charge on any atom is 0.320 e. The largest absolute Gasteiger partial charge is 0.480 e. The smallest absolute Gasteiger partial charge is 0.320 e. The molecule has 0 aromatic heterocycles. The summed E-state index contributed by atoms with van der Waals surface area (Å²) >= 11 is 0. The Bertz CT molecular complexity index is 238. The topological polar surface area (TPSA) is 157 Å². The summed E-state index contributed by atoms with van der Waals surface area (Å²) in [6.45, 7) is -0.0488. The molecule has 80 valence electrons. The third-order valence-corrected chi connectivity index (χ3v) is 1.48. The Morgan fingerprint density at radius 3 is 2.36 bits per heavy atom. The van der Waals surface area contributed by atoms with Crippen molar-refractivity contribution in [2.45, 2.75) is 18.5 Å². The predicted molar refractivity (Wildman–Crippen MR) is 50.5 cm³/mol. The number of nitroso groups, excluding NO2 is 1. The molecule has 0 saturated carbocycles. The van der Waals surface area contributed by atoms with Crippen LogP contribution in [0.1, 0.15) is 6.42 Å². The van der Waals surface area contributed by atoms with Crippen LogP contribution in [0.4, 0.5) is 0 Å². The molecule has 0 rings (SSSR count). The summed E-state index contributed by atoms with van der Waals surface area (Å²) in [6.07, 6.45) is -0.0877. The van der Waals surface area contributed by atoms with Gasteiger partial charge in [-0.05, 0) is 0 Å². The van der Waals surface area contributed by atoms with Gasteiger partial charge in [0.2, 0.25) is 0 Å². The van der Waals surface area contributed by atoms with Crippen LogP contribution in [-0.2, 0) is 4.79 Å². The summed E-state index contributed by atoms with van der Waals surface area (Å²) in [5, 5.41) is 11.1. The molecule has 0 aromatic carbocycles. The highest BCUT2D eigenvalue weighted by molar-refractivity contribution is 5.75. The Morgan fingerprint density at radius 2 is 2.00 bits per heavy atom. The minimum atomic E-state index is -1.19. The standard InChI is InChI=1S/C6H13N5O3/c7-4(5(12)13)1-3(11-14)2-10-6(8)9/h3-4H,1-2,7H2,(H,12,13)(H4,8,9,10)/t3?,4-/m0/s1. The van der Waals surface area contributed by atoms with Crippen LogP contribution < -0.4 is 17.2 Å². The van der Waals surface area contributed by atoms with Crippen LogP contribution in [-0.4, -0.2) is 35.7 Å². The molecule has 0 aromatic rings. The van der Waals surface area contributed by atoms with Gasteiger partial charge in [0.1, 0.15) is 12.1 Å². The van der Waals surface area contributed by atoms with Crippen LogP contribution in [0, 0.1) is 4.91 Å². The second-order valence-corrected chi connectivity index (χ2v) is 2.71. The van der Waals surface area contributed by atoms with Crippen molar-refractivity contribution in [3.63, 3.8) is 0 Å². The molecule has 0 amide bonds. The molecule has 0 heterocycles. The quantitative estimate of drug-likeness (QED) is 0.226. The first kappa shape index (κ1) is 12.3. The summed E-state index contributed by atoms with van der Waals surface area (Å²) in [6, 6.07) is -1.95. The van der Waals surface area contributed by atoms with Gasteiger partial charge < -0.3 is 22.3 Å². The average molecular weight is 203 g/mol. The first-order valence-electron chi connectivity index (χ1n) is 3.83. The molecule has 0 radical (unpaired) electrons. The van der Waals surface area contributed by atoms with Gasteiger partial charge >= 0.3 is 5.97 Å². The Balaban J connectivity index is 4.09. The fraction of sp³-hybridized carbons (Fsp3) is 0.667. The van der Waals surface area contributed by atoms with E-state index >= 15 is 0 Å². The normalized spacial score (nSPS) is 14.1. The maximum absolute atomic E-state index is 10.3. The molecule has 1 unspecified atom stereocenters. The van der Waals surface area contributed by atoms with Crippen LogP contribution in [0.2, 0.25) is 0 Å². The Labute approximate surface area is 80.1 Å². The molecule has 0 fully saturated rings. The van der Waals surface area contributed by atoms with Gasteiger partial charge in [-0.15, -0.1) is 0 Å². The van der Waals surface area contributed by atoms with Gasteiger partial charge in [0.15, 0.2) is 5.96 Å². The summed E-state index contributed by atoms with van der Waals surface area (Å²) in [4.78, 5) is 24.1. The third kappa shape index (κ3) is 5.04. The average Bonchev–Trinajstić information content (AvgIpc) is 2.11.